The Morgan fingerprint density at radius 1 is 1.00 bits per heavy atom. The maximum absolute atomic E-state index is 5.86. The van der Waals surface area contributed by atoms with Gasteiger partial charge in [0.2, 0.25) is 0 Å². The predicted molar refractivity (Wildman–Crippen MR) is 101 cm³/mol. The first-order chi connectivity index (χ1) is 12.1. The molecule has 0 amide bonds. The van der Waals surface area contributed by atoms with E-state index in [-0.39, 0.29) is 5.41 Å². The van der Waals surface area contributed by atoms with E-state index in [2.05, 4.69) is 23.8 Å². The molecule has 0 fully saturated rings. The van der Waals surface area contributed by atoms with Gasteiger partial charge in [-0.3, -0.25) is 0 Å². The fraction of sp³-hybridized carbons (Fsp3) is 0.286. The molecule has 0 saturated heterocycles. The predicted octanol–water partition coefficient (Wildman–Crippen LogP) is 5.21. The van der Waals surface area contributed by atoms with E-state index in [1.165, 1.54) is 7.11 Å². The van der Waals surface area contributed by atoms with Crippen molar-refractivity contribution in [3.8, 4) is 11.5 Å². The minimum atomic E-state index is -0.0854. The van der Waals surface area contributed by atoms with Crippen molar-refractivity contribution >= 4 is 6.21 Å². The highest BCUT2D eigenvalue weighted by Gasteiger charge is 2.13. The standard InChI is InChI=1S/C21H25NO3/c1-21(2,13-8-14-22-23-3)17-24-16-18-9-7-12-20(15-18)25-19-10-5-4-6-11-19/h4-15H,16-17H2,1-3H3. The molecule has 25 heavy (non-hydrogen) atoms. The van der Waals surface area contributed by atoms with Gasteiger partial charge in [0.1, 0.15) is 18.6 Å². The van der Waals surface area contributed by atoms with Gasteiger partial charge in [-0.05, 0) is 35.9 Å². The summed E-state index contributed by atoms with van der Waals surface area (Å²) < 4.78 is 11.7. The normalized spacial score (nSPS) is 12.0. The second-order valence-electron chi connectivity index (χ2n) is 6.34. The molecular weight excluding hydrogens is 314 g/mol. The van der Waals surface area contributed by atoms with Crippen LogP contribution in [0, 0.1) is 5.41 Å². The van der Waals surface area contributed by atoms with E-state index in [1.54, 1.807) is 6.21 Å². The number of hydrogen-bond donors (Lipinski definition) is 0. The molecule has 0 spiro atoms. The zero-order chi connectivity index (χ0) is 18.0. The lowest BCUT2D eigenvalue weighted by Crippen LogP contribution is -2.16. The average molecular weight is 339 g/mol. The van der Waals surface area contributed by atoms with Crippen LogP contribution in [0.5, 0.6) is 11.5 Å². The summed E-state index contributed by atoms with van der Waals surface area (Å²) in [6.07, 6.45) is 5.53. The molecule has 0 aliphatic carbocycles. The number of rotatable bonds is 9. The van der Waals surface area contributed by atoms with E-state index in [0.29, 0.717) is 13.2 Å². The Morgan fingerprint density at radius 3 is 2.52 bits per heavy atom. The van der Waals surface area contributed by atoms with E-state index in [1.807, 2.05) is 66.7 Å². The lowest BCUT2D eigenvalue weighted by molar-refractivity contribution is 0.0717. The number of nitrogens with zero attached hydrogens (tertiary/aromatic N) is 1. The maximum atomic E-state index is 5.86. The third kappa shape index (κ3) is 7.23. The number of benzene rings is 2. The minimum absolute atomic E-state index is 0.0854. The zero-order valence-electron chi connectivity index (χ0n) is 15.0. The summed E-state index contributed by atoms with van der Waals surface area (Å²) >= 11 is 0. The van der Waals surface area contributed by atoms with Crippen molar-refractivity contribution in [3.05, 3.63) is 72.3 Å². The van der Waals surface area contributed by atoms with Gasteiger partial charge in [0, 0.05) is 5.41 Å². The lowest BCUT2D eigenvalue weighted by atomic mass is 9.94. The van der Waals surface area contributed by atoms with E-state index >= 15 is 0 Å². The second kappa shape index (κ2) is 9.64. The van der Waals surface area contributed by atoms with Gasteiger partial charge in [-0.25, -0.2) is 0 Å². The molecule has 2 aromatic rings. The van der Waals surface area contributed by atoms with Gasteiger partial charge in [0.05, 0.1) is 19.4 Å². The van der Waals surface area contributed by atoms with Crippen molar-refractivity contribution in [2.45, 2.75) is 20.5 Å². The fourth-order valence-electron chi connectivity index (χ4n) is 2.20. The van der Waals surface area contributed by atoms with Crippen LogP contribution in [0.15, 0.2) is 71.9 Å². The summed E-state index contributed by atoms with van der Waals surface area (Å²) in [4.78, 5) is 4.62. The molecule has 0 heterocycles. The Morgan fingerprint density at radius 2 is 1.76 bits per heavy atom. The fourth-order valence-corrected chi connectivity index (χ4v) is 2.20. The van der Waals surface area contributed by atoms with E-state index in [4.69, 9.17) is 9.47 Å². The summed E-state index contributed by atoms with van der Waals surface area (Å²) in [5, 5.41) is 3.68. The van der Waals surface area contributed by atoms with Crippen LogP contribution in [0.2, 0.25) is 0 Å². The molecule has 0 atom stereocenters. The van der Waals surface area contributed by atoms with E-state index in [0.717, 1.165) is 17.1 Å². The van der Waals surface area contributed by atoms with Crippen LogP contribution in [0.3, 0.4) is 0 Å². The largest absolute Gasteiger partial charge is 0.457 e. The van der Waals surface area contributed by atoms with Crippen LogP contribution in [-0.2, 0) is 16.2 Å². The monoisotopic (exact) mass is 339 g/mol. The van der Waals surface area contributed by atoms with Crippen LogP contribution in [-0.4, -0.2) is 19.9 Å². The summed E-state index contributed by atoms with van der Waals surface area (Å²) in [6.45, 7) is 5.36. The summed E-state index contributed by atoms with van der Waals surface area (Å²) in [5.74, 6) is 1.63. The number of ether oxygens (including phenoxy) is 2. The molecule has 132 valence electrons. The Bertz CT molecular complexity index is 693. The van der Waals surface area contributed by atoms with Crippen LogP contribution in [0.1, 0.15) is 19.4 Å². The molecule has 0 saturated carbocycles. The van der Waals surface area contributed by atoms with E-state index in [9.17, 15) is 0 Å². The van der Waals surface area contributed by atoms with Crippen molar-refractivity contribution < 1.29 is 14.3 Å². The summed E-state index contributed by atoms with van der Waals surface area (Å²) in [5.41, 5.74) is 0.993. The number of hydrogen-bond acceptors (Lipinski definition) is 4. The third-order valence-electron chi connectivity index (χ3n) is 3.42. The smallest absolute Gasteiger partial charge is 0.127 e. The molecule has 0 unspecified atom stereocenters. The van der Waals surface area contributed by atoms with E-state index < -0.39 is 0 Å². The van der Waals surface area contributed by atoms with Crippen LogP contribution in [0.25, 0.3) is 0 Å². The van der Waals surface area contributed by atoms with Crippen molar-refractivity contribution in [1.29, 1.82) is 0 Å². The minimum Gasteiger partial charge on any atom is -0.457 e. The van der Waals surface area contributed by atoms with Gasteiger partial charge in [0.15, 0.2) is 0 Å². The molecular formula is C21H25NO3. The Labute approximate surface area is 149 Å². The first-order valence-electron chi connectivity index (χ1n) is 8.23. The average Bonchev–Trinajstić information content (AvgIpc) is 2.60. The molecule has 0 aromatic heterocycles. The van der Waals surface area contributed by atoms with Gasteiger partial charge in [-0.15, -0.1) is 0 Å². The van der Waals surface area contributed by atoms with Crippen LogP contribution < -0.4 is 4.74 Å². The van der Waals surface area contributed by atoms with Crippen molar-refractivity contribution in [2.75, 3.05) is 13.7 Å². The summed E-state index contributed by atoms with van der Waals surface area (Å²) in [6, 6.07) is 17.7. The zero-order valence-corrected chi connectivity index (χ0v) is 15.0. The molecule has 2 rings (SSSR count). The summed E-state index contributed by atoms with van der Waals surface area (Å²) in [7, 11) is 1.52. The van der Waals surface area contributed by atoms with Crippen molar-refractivity contribution in [2.24, 2.45) is 10.6 Å². The first kappa shape index (κ1) is 18.7. The number of oxime groups is 1. The SMILES string of the molecule is CON=CC=CC(C)(C)COCc1cccc(Oc2ccccc2)c1. The molecule has 0 bridgehead atoms. The van der Waals surface area contributed by atoms with Crippen molar-refractivity contribution in [1.82, 2.24) is 0 Å². The lowest BCUT2D eigenvalue weighted by Gasteiger charge is -2.20. The highest BCUT2D eigenvalue weighted by molar-refractivity contribution is 5.70. The van der Waals surface area contributed by atoms with Gasteiger partial charge >= 0.3 is 0 Å². The molecule has 0 radical (unpaired) electrons. The molecule has 0 aliphatic heterocycles. The van der Waals surface area contributed by atoms with Gasteiger partial charge in [0.25, 0.3) is 0 Å². The molecule has 4 heteroatoms. The van der Waals surface area contributed by atoms with Crippen molar-refractivity contribution in [3.63, 3.8) is 0 Å². The highest BCUT2D eigenvalue weighted by Crippen LogP contribution is 2.23. The maximum Gasteiger partial charge on any atom is 0.127 e. The number of para-hydroxylation sites is 1. The van der Waals surface area contributed by atoms with Gasteiger partial charge in [-0.1, -0.05) is 55.4 Å². The second-order valence-corrected chi connectivity index (χ2v) is 6.34. The Hall–Kier alpha value is -2.59. The molecule has 0 N–H and O–H groups in total. The number of allylic oxidation sites excluding steroid dienone is 1. The molecule has 4 nitrogen and oxygen atoms in total. The van der Waals surface area contributed by atoms with Gasteiger partial charge < -0.3 is 14.3 Å². The van der Waals surface area contributed by atoms with Gasteiger partial charge in [-0.2, -0.15) is 0 Å². The third-order valence-corrected chi connectivity index (χ3v) is 3.42. The van der Waals surface area contributed by atoms with Crippen LogP contribution in [0.4, 0.5) is 0 Å². The Kier molecular flexibility index (Phi) is 7.23. The molecule has 0 aliphatic rings. The Balaban J connectivity index is 1.85. The first-order valence-corrected chi connectivity index (χ1v) is 8.23. The highest BCUT2D eigenvalue weighted by atomic mass is 16.6. The molecule has 2 aromatic carbocycles. The quantitative estimate of drug-likeness (QED) is 0.465. The van der Waals surface area contributed by atoms with Crippen LogP contribution >= 0.6 is 0 Å². The topological polar surface area (TPSA) is 40.0 Å².